The molecule has 6 aromatic rings. The van der Waals surface area contributed by atoms with Crippen molar-refractivity contribution in [2.45, 2.75) is 25.7 Å². The highest BCUT2D eigenvalue weighted by molar-refractivity contribution is 6.27. The Balaban J connectivity index is 1.63. The van der Waals surface area contributed by atoms with Crippen LogP contribution < -0.4 is 0 Å². The van der Waals surface area contributed by atoms with Gasteiger partial charge in [-0.1, -0.05) is 18.2 Å². The molecule has 0 aliphatic heterocycles. The second-order valence-corrected chi connectivity index (χ2v) is 8.86. The summed E-state index contributed by atoms with van der Waals surface area (Å²) in [7, 11) is 0. The van der Waals surface area contributed by atoms with Gasteiger partial charge in [0.2, 0.25) is 0 Å². The maximum absolute atomic E-state index is 6.35. The van der Waals surface area contributed by atoms with Gasteiger partial charge in [0, 0.05) is 27.2 Å². The van der Waals surface area contributed by atoms with Crippen molar-refractivity contribution in [1.82, 2.24) is 4.57 Å². The number of aromatic nitrogens is 1. The molecule has 0 radical (unpaired) electrons. The molecule has 2 aliphatic rings. The molecule has 2 nitrogen and oxygen atoms in total. The van der Waals surface area contributed by atoms with Gasteiger partial charge in [-0.05, 0) is 96.5 Å². The van der Waals surface area contributed by atoms with Crippen molar-refractivity contribution < 1.29 is 4.42 Å². The predicted octanol–water partition coefficient (Wildman–Crippen LogP) is 6.88. The third-order valence-corrected chi connectivity index (χ3v) is 7.35. The first-order chi connectivity index (χ1) is 14.8. The molecule has 30 heavy (non-hydrogen) atoms. The highest BCUT2D eigenvalue weighted by Crippen LogP contribution is 2.44. The Morgan fingerprint density at radius 3 is 2.03 bits per heavy atom. The lowest BCUT2D eigenvalue weighted by molar-refractivity contribution is 0.666. The summed E-state index contributed by atoms with van der Waals surface area (Å²) in [6.07, 6.45) is 4.75. The maximum Gasteiger partial charge on any atom is 0.136 e. The first-order valence-electron chi connectivity index (χ1n) is 10.9. The van der Waals surface area contributed by atoms with Crippen molar-refractivity contribution in [3.05, 3.63) is 89.0 Å². The van der Waals surface area contributed by atoms with E-state index in [-0.39, 0.29) is 0 Å². The molecule has 0 saturated heterocycles. The molecule has 0 unspecified atom stereocenters. The van der Waals surface area contributed by atoms with E-state index < -0.39 is 0 Å². The van der Waals surface area contributed by atoms with Crippen molar-refractivity contribution in [1.29, 1.82) is 0 Å². The summed E-state index contributed by atoms with van der Waals surface area (Å²) in [5, 5.41) is 5.22. The van der Waals surface area contributed by atoms with Gasteiger partial charge in [-0.25, -0.2) is 0 Å². The van der Waals surface area contributed by atoms with Crippen molar-refractivity contribution in [2.24, 2.45) is 0 Å². The topological polar surface area (TPSA) is 18.1 Å². The number of hydrogen-bond donors (Lipinski definition) is 0. The Morgan fingerprint density at radius 2 is 1.27 bits per heavy atom. The zero-order valence-electron chi connectivity index (χ0n) is 16.5. The van der Waals surface area contributed by atoms with E-state index in [9.17, 15) is 0 Å². The van der Waals surface area contributed by atoms with Crippen LogP contribution in [-0.4, -0.2) is 4.57 Å². The normalized spacial score (nSPS) is 14.8. The number of furan rings is 1. The van der Waals surface area contributed by atoms with Gasteiger partial charge in [0.25, 0.3) is 0 Å². The quantitative estimate of drug-likeness (QED) is 0.302. The molecule has 0 amide bonds. The minimum absolute atomic E-state index is 0.997. The molecule has 0 fully saturated rings. The van der Waals surface area contributed by atoms with Gasteiger partial charge in [-0.2, -0.15) is 0 Å². The van der Waals surface area contributed by atoms with Gasteiger partial charge in [-0.3, -0.25) is 0 Å². The highest BCUT2D eigenvalue weighted by atomic mass is 16.3. The van der Waals surface area contributed by atoms with Crippen molar-refractivity contribution in [2.75, 3.05) is 0 Å². The summed E-state index contributed by atoms with van der Waals surface area (Å²) >= 11 is 0. The minimum atomic E-state index is 0.997. The van der Waals surface area contributed by atoms with Crippen LogP contribution in [0.2, 0.25) is 0 Å². The molecule has 2 heterocycles. The molecule has 0 spiro atoms. The van der Waals surface area contributed by atoms with Crippen molar-refractivity contribution in [3.63, 3.8) is 0 Å². The summed E-state index contributed by atoms with van der Waals surface area (Å²) < 4.78 is 8.79. The highest BCUT2D eigenvalue weighted by Gasteiger charge is 2.24. The Bertz CT molecular complexity index is 1680. The fourth-order valence-corrected chi connectivity index (χ4v) is 5.61. The fourth-order valence-electron chi connectivity index (χ4n) is 5.61. The lowest BCUT2D eigenvalue weighted by atomic mass is 9.86. The Kier molecular flexibility index (Phi) is 2.63. The van der Waals surface area contributed by atoms with Gasteiger partial charge >= 0.3 is 0 Å². The molecule has 2 heteroatoms. The third kappa shape index (κ3) is 1.76. The summed E-state index contributed by atoms with van der Waals surface area (Å²) in [5.41, 5.74) is 11.7. The number of benzene rings is 4. The van der Waals surface area contributed by atoms with Gasteiger partial charge in [0.05, 0.1) is 11.0 Å². The van der Waals surface area contributed by atoms with Crippen molar-refractivity contribution in [3.8, 4) is 5.69 Å². The van der Waals surface area contributed by atoms with Gasteiger partial charge in [-0.15, -0.1) is 0 Å². The molecular weight excluding hydrogens is 366 g/mol. The van der Waals surface area contributed by atoms with Crippen LogP contribution in [0.5, 0.6) is 0 Å². The van der Waals surface area contributed by atoms with E-state index in [4.69, 9.17) is 4.42 Å². The van der Waals surface area contributed by atoms with E-state index in [0.29, 0.717) is 0 Å². The second-order valence-electron chi connectivity index (χ2n) is 8.86. The molecule has 142 valence electrons. The second kappa shape index (κ2) is 5.14. The molecule has 2 aliphatic carbocycles. The number of para-hydroxylation sites is 1. The third-order valence-electron chi connectivity index (χ3n) is 7.35. The molecule has 2 aromatic heterocycles. The number of hydrogen-bond acceptors (Lipinski definition) is 1. The number of nitrogens with zero attached hydrogens (tertiary/aromatic N) is 1. The van der Waals surface area contributed by atoms with E-state index in [1.165, 1.54) is 86.2 Å². The molecule has 0 saturated carbocycles. The van der Waals surface area contributed by atoms with Crippen LogP contribution in [0.25, 0.3) is 49.4 Å². The van der Waals surface area contributed by atoms with Crippen LogP contribution >= 0.6 is 0 Å². The average Bonchev–Trinajstić information content (AvgIpc) is 3.25. The maximum atomic E-state index is 6.35. The van der Waals surface area contributed by atoms with Crippen molar-refractivity contribution >= 4 is 43.7 Å². The lowest BCUT2D eigenvalue weighted by Crippen LogP contribution is -2.07. The van der Waals surface area contributed by atoms with E-state index in [0.717, 1.165) is 11.2 Å². The van der Waals surface area contributed by atoms with E-state index in [1.54, 1.807) is 0 Å². The summed E-state index contributed by atoms with van der Waals surface area (Å²) in [5.74, 6) is 0. The average molecular weight is 385 g/mol. The first-order valence-corrected chi connectivity index (χ1v) is 10.9. The molecule has 0 atom stereocenters. The van der Waals surface area contributed by atoms with Crippen LogP contribution in [-0.2, 0) is 25.7 Å². The van der Waals surface area contributed by atoms with Gasteiger partial charge in [0.1, 0.15) is 11.2 Å². The summed E-state index contributed by atoms with van der Waals surface area (Å²) in [4.78, 5) is 0. The lowest BCUT2D eigenvalue weighted by Gasteiger charge is -2.19. The van der Waals surface area contributed by atoms with E-state index in [1.807, 2.05) is 0 Å². The van der Waals surface area contributed by atoms with Gasteiger partial charge < -0.3 is 8.98 Å². The SMILES string of the molecule is c1ccc(-n2c3cc4c(cc3c3c5c(ccc32)oc2cc3c(cc25)CC3)CC4)cc1. The number of aryl methyl sites for hydroxylation is 4. The predicted molar refractivity (Wildman–Crippen MR) is 123 cm³/mol. The number of fused-ring (bicyclic) bond motifs is 9. The standard InChI is InChI=1S/C28H19NO/c1-2-4-20(5-3-1)29-23-10-11-25-28(22-13-17-7-9-19(17)15-26(22)30-25)27(23)21-12-16-6-8-18(16)14-24(21)29/h1-5,10-15H,6-9H2. The molecule has 4 aromatic carbocycles. The summed E-state index contributed by atoms with van der Waals surface area (Å²) in [6, 6.07) is 24.7. The number of rotatable bonds is 1. The van der Waals surface area contributed by atoms with Gasteiger partial charge in [0.15, 0.2) is 0 Å². The van der Waals surface area contributed by atoms with Crippen LogP contribution in [0.3, 0.4) is 0 Å². The smallest absolute Gasteiger partial charge is 0.136 e. The molecule has 0 bridgehead atoms. The largest absolute Gasteiger partial charge is 0.456 e. The first kappa shape index (κ1) is 15.3. The van der Waals surface area contributed by atoms with Crippen LogP contribution in [0.15, 0.2) is 71.1 Å². The zero-order valence-corrected chi connectivity index (χ0v) is 16.5. The monoisotopic (exact) mass is 385 g/mol. The van der Waals surface area contributed by atoms with Crippen LogP contribution in [0, 0.1) is 0 Å². The Morgan fingerprint density at radius 1 is 0.567 bits per heavy atom. The van der Waals surface area contributed by atoms with Crippen LogP contribution in [0.1, 0.15) is 22.3 Å². The zero-order chi connectivity index (χ0) is 19.4. The summed E-state index contributed by atoms with van der Waals surface area (Å²) in [6.45, 7) is 0. The Labute approximate surface area is 173 Å². The molecule has 0 N–H and O–H groups in total. The Hall–Kier alpha value is -3.52. The van der Waals surface area contributed by atoms with Crippen LogP contribution in [0.4, 0.5) is 0 Å². The molecular formula is C28H19NO. The minimum Gasteiger partial charge on any atom is -0.456 e. The van der Waals surface area contributed by atoms with E-state index >= 15 is 0 Å². The van der Waals surface area contributed by atoms with E-state index in [2.05, 4.69) is 71.3 Å². The fraction of sp³-hybridized carbons (Fsp3) is 0.143. The molecule has 8 rings (SSSR count).